The van der Waals surface area contributed by atoms with Gasteiger partial charge in [-0.25, -0.2) is 9.98 Å². The Morgan fingerprint density at radius 3 is 2.61 bits per heavy atom. The fourth-order valence-electron chi connectivity index (χ4n) is 3.64. The van der Waals surface area contributed by atoms with E-state index in [1.54, 1.807) is 28.0 Å². The maximum atomic E-state index is 13.0. The van der Waals surface area contributed by atoms with Gasteiger partial charge in [-0.05, 0) is 31.0 Å². The van der Waals surface area contributed by atoms with Crippen molar-refractivity contribution in [2.45, 2.75) is 38.1 Å². The van der Waals surface area contributed by atoms with Crippen molar-refractivity contribution in [3.8, 4) is 0 Å². The Morgan fingerprint density at radius 2 is 2.00 bits per heavy atom. The number of hydrogen-bond donors (Lipinski definition) is 1. The largest absolute Gasteiger partial charge is 0.440 e. The van der Waals surface area contributed by atoms with Gasteiger partial charge in [-0.15, -0.1) is 0 Å². The number of fused-ring (bicyclic) bond motifs is 1. The number of oxazole rings is 1. The minimum absolute atomic E-state index is 0.0546. The lowest BCUT2D eigenvalue weighted by Crippen LogP contribution is -2.50. The minimum Gasteiger partial charge on any atom is -0.440 e. The third-order valence-electron chi connectivity index (χ3n) is 5.41. The molecule has 0 aliphatic carbocycles. The average molecular weight is 383 g/mol. The lowest BCUT2D eigenvalue weighted by molar-refractivity contribution is -0.125. The molecule has 2 aliphatic heterocycles. The zero-order chi connectivity index (χ0) is 20.1. The monoisotopic (exact) mass is 383 g/mol. The standard InChI is InChI=1S/C20H25N5O3/c1-12(2)16-21-14-11-13(5-6-15(14)28-16)17(26)25-9-7-20(8-10-25)18(27)22-19(23-20)24(3)4/h5-6,11-12H,7-10H2,1-4H3,(H,22,23,27). The lowest BCUT2D eigenvalue weighted by Gasteiger charge is -2.35. The Hall–Kier alpha value is -2.90. The summed E-state index contributed by atoms with van der Waals surface area (Å²) in [6, 6.07) is 5.35. The Labute approximate surface area is 163 Å². The van der Waals surface area contributed by atoms with Crippen LogP contribution in [-0.2, 0) is 4.79 Å². The van der Waals surface area contributed by atoms with Crippen LogP contribution < -0.4 is 5.32 Å². The van der Waals surface area contributed by atoms with Gasteiger partial charge < -0.3 is 14.2 Å². The van der Waals surface area contributed by atoms with Gasteiger partial charge in [0.1, 0.15) is 11.1 Å². The summed E-state index contributed by atoms with van der Waals surface area (Å²) < 4.78 is 5.71. The first kappa shape index (κ1) is 18.5. The number of carbonyl (C=O) groups excluding carboxylic acids is 2. The molecule has 1 N–H and O–H groups in total. The number of hydrogen-bond acceptors (Lipinski definition) is 6. The van der Waals surface area contributed by atoms with Crippen LogP contribution in [0.3, 0.4) is 0 Å². The third-order valence-corrected chi connectivity index (χ3v) is 5.41. The fraction of sp³-hybridized carbons (Fsp3) is 0.500. The second-order valence-corrected chi connectivity index (χ2v) is 8.00. The molecule has 2 aromatic rings. The second kappa shape index (κ2) is 6.61. The number of benzene rings is 1. The van der Waals surface area contributed by atoms with E-state index in [2.05, 4.69) is 15.3 Å². The molecule has 3 heterocycles. The number of aliphatic imine (C=N–C) groups is 1. The number of rotatable bonds is 2. The number of piperidine rings is 1. The number of carbonyl (C=O) groups is 2. The molecular formula is C20H25N5O3. The Kier molecular flexibility index (Phi) is 4.36. The highest BCUT2D eigenvalue weighted by molar-refractivity contribution is 6.07. The summed E-state index contributed by atoms with van der Waals surface area (Å²) in [7, 11) is 3.70. The van der Waals surface area contributed by atoms with Crippen LogP contribution in [0.1, 0.15) is 48.9 Å². The molecule has 8 heteroatoms. The van der Waals surface area contributed by atoms with Crippen LogP contribution in [0.5, 0.6) is 0 Å². The molecule has 0 atom stereocenters. The van der Waals surface area contributed by atoms with E-state index in [1.165, 1.54) is 0 Å². The SMILES string of the molecule is CC(C)c1nc2cc(C(=O)N3CCC4(CC3)N=C(N(C)C)NC4=O)ccc2o1. The van der Waals surface area contributed by atoms with Crippen LogP contribution in [0, 0.1) is 0 Å². The van der Waals surface area contributed by atoms with E-state index in [9.17, 15) is 9.59 Å². The summed E-state index contributed by atoms with van der Waals surface area (Å²) in [5, 5.41) is 2.84. The Bertz CT molecular complexity index is 967. The molecule has 1 fully saturated rings. The molecular weight excluding hydrogens is 358 g/mol. The molecule has 8 nitrogen and oxygen atoms in total. The van der Waals surface area contributed by atoms with Crippen molar-refractivity contribution in [2.75, 3.05) is 27.2 Å². The minimum atomic E-state index is -0.751. The molecule has 28 heavy (non-hydrogen) atoms. The summed E-state index contributed by atoms with van der Waals surface area (Å²) in [5.74, 6) is 1.31. The van der Waals surface area contributed by atoms with Gasteiger partial charge in [0, 0.05) is 38.7 Å². The molecule has 0 saturated carbocycles. The van der Waals surface area contributed by atoms with Crippen molar-refractivity contribution < 1.29 is 14.0 Å². The predicted octanol–water partition coefficient (Wildman–Crippen LogP) is 1.97. The van der Waals surface area contributed by atoms with Crippen molar-refractivity contribution >= 4 is 28.9 Å². The first-order chi connectivity index (χ1) is 13.3. The lowest BCUT2D eigenvalue weighted by atomic mass is 9.88. The van der Waals surface area contributed by atoms with E-state index in [1.807, 2.05) is 27.9 Å². The number of nitrogens with one attached hydrogen (secondary N) is 1. The number of likely N-dealkylation sites (tertiary alicyclic amines) is 1. The van der Waals surface area contributed by atoms with Crippen LogP contribution in [0.4, 0.5) is 0 Å². The van der Waals surface area contributed by atoms with Crippen LogP contribution in [0.25, 0.3) is 11.1 Å². The summed E-state index contributed by atoms with van der Waals surface area (Å²) in [4.78, 5) is 38.1. The van der Waals surface area contributed by atoms with E-state index >= 15 is 0 Å². The predicted molar refractivity (Wildman–Crippen MR) is 105 cm³/mol. The van der Waals surface area contributed by atoms with Crippen molar-refractivity contribution in [1.29, 1.82) is 0 Å². The summed E-state index contributed by atoms with van der Waals surface area (Å²) >= 11 is 0. The Morgan fingerprint density at radius 1 is 1.29 bits per heavy atom. The molecule has 0 unspecified atom stereocenters. The van der Waals surface area contributed by atoms with Gasteiger partial charge in [0.2, 0.25) is 5.96 Å². The topological polar surface area (TPSA) is 91.0 Å². The van der Waals surface area contributed by atoms with Crippen molar-refractivity contribution in [2.24, 2.45) is 4.99 Å². The van der Waals surface area contributed by atoms with E-state index in [0.717, 1.165) is 0 Å². The van der Waals surface area contributed by atoms with Crippen molar-refractivity contribution in [1.82, 2.24) is 20.1 Å². The first-order valence-electron chi connectivity index (χ1n) is 9.57. The zero-order valence-electron chi connectivity index (χ0n) is 16.7. The van der Waals surface area contributed by atoms with Gasteiger partial charge in [0.15, 0.2) is 11.5 Å². The molecule has 4 rings (SSSR count). The molecule has 0 radical (unpaired) electrons. The number of amides is 2. The van der Waals surface area contributed by atoms with Gasteiger partial charge in [0.25, 0.3) is 11.8 Å². The molecule has 1 aromatic carbocycles. The molecule has 1 saturated heterocycles. The van der Waals surface area contributed by atoms with Crippen LogP contribution in [0.15, 0.2) is 27.6 Å². The van der Waals surface area contributed by atoms with E-state index in [-0.39, 0.29) is 17.7 Å². The zero-order valence-corrected chi connectivity index (χ0v) is 16.7. The summed E-state index contributed by atoms with van der Waals surface area (Å²) in [6.07, 6.45) is 1.04. The van der Waals surface area contributed by atoms with Crippen LogP contribution in [0.2, 0.25) is 0 Å². The Balaban J connectivity index is 1.50. The molecule has 1 aromatic heterocycles. The normalized spacial score (nSPS) is 18.7. The quantitative estimate of drug-likeness (QED) is 0.856. The fourth-order valence-corrected chi connectivity index (χ4v) is 3.64. The number of guanidine groups is 1. The van der Waals surface area contributed by atoms with Crippen molar-refractivity contribution in [3.63, 3.8) is 0 Å². The number of nitrogens with zero attached hydrogens (tertiary/aromatic N) is 4. The van der Waals surface area contributed by atoms with Gasteiger partial charge in [-0.3, -0.25) is 14.9 Å². The van der Waals surface area contributed by atoms with Gasteiger partial charge >= 0.3 is 0 Å². The van der Waals surface area contributed by atoms with Gasteiger partial charge in [-0.2, -0.15) is 0 Å². The smallest absolute Gasteiger partial charge is 0.254 e. The number of aromatic nitrogens is 1. The summed E-state index contributed by atoms with van der Waals surface area (Å²) in [6.45, 7) is 5.02. The van der Waals surface area contributed by atoms with Crippen LogP contribution in [-0.4, -0.2) is 65.3 Å². The molecule has 2 aliphatic rings. The van der Waals surface area contributed by atoms with E-state index in [0.29, 0.717) is 54.4 Å². The first-order valence-corrected chi connectivity index (χ1v) is 9.57. The van der Waals surface area contributed by atoms with Gasteiger partial charge in [0.05, 0.1) is 0 Å². The van der Waals surface area contributed by atoms with Crippen molar-refractivity contribution in [3.05, 3.63) is 29.7 Å². The highest BCUT2D eigenvalue weighted by Gasteiger charge is 2.46. The third kappa shape index (κ3) is 3.02. The summed E-state index contributed by atoms with van der Waals surface area (Å²) in [5.41, 5.74) is 1.21. The second-order valence-electron chi connectivity index (χ2n) is 8.00. The highest BCUT2D eigenvalue weighted by Crippen LogP contribution is 2.31. The maximum absolute atomic E-state index is 13.0. The molecule has 0 bridgehead atoms. The van der Waals surface area contributed by atoms with Gasteiger partial charge in [-0.1, -0.05) is 13.8 Å². The highest BCUT2D eigenvalue weighted by atomic mass is 16.3. The van der Waals surface area contributed by atoms with E-state index < -0.39 is 5.54 Å². The van der Waals surface area contributed by atoms with Crippen LogP contribution >= 0.6 is 0 Å². The maximum Gasteiger partial charge on any atom is 0.254 e. The molecule has 1 spiro atoms. The average Bonchev–Trinajstić information content (AvgIpc) is 3.23. The van der Waals surface area contributed by atoms with E-state index in [4.69, 9.17) is 4.42 Å². The molecule has 2 amide bonds. The molecule has 148 valence electrons.